The number of aliphatic hydroxyl groups is 1. The SMILES string of the molecule is CCc1cc(-c2cc(C)c(OCc3ccccc3)cc2C2(O)CCC2)c(F)cc1OCc1ccccc1. The van der Waals surface area contributed by atoms with Crippen molar-refractivity contribution in [2.24, 2.45) is 0 Å². The highest BCUT2D eigenvalue weighted by atomic mass is 19.1. The van der Waals surface area contributed by atoms with Crippen LogP contribution in [0.5, 0.6) is 11.5 Å². The molecule has 4 aromatic carbocycles. The molecule has 4 heteroatoms. The Morgan fingerprint density at radius 3 is 1.92 bits per heavy atom. The maximum Gasteiger partial charge on any atom is 0.134 e. The zero-order valence-electron chi connectivity index (χ0n) is 21.5. The lowest BCUT2D eigenvalue weighted by atomic mass is 9.72. The Balaban J connectivity index is 1.50. The Hall–Kier alpha value is -3.63. The van der Waals surface area contributed by atoms with E-state index in [1.54, 1.807) is 0 Å². The Bertz CT molecular complexity index is 1360. The van der Waals surface area contributed by atoms with E-state index < -0.39 is 5.60 Å². The van der Waals surface area contributed by atoms with Crippen molar-refractivity contribution in [1.29, 1.82) is 0 Å². The summed E-state index contributed by atoms with van der Waals surface area (Å²) in [6.07, 6.45) is 2.96. The van der Waals surface area contributed by atoms with Crippen LogP contribution >= 0.6 is 0 Å². The van der Waals surface area contributed by atoms with Crippen molar-refractivity contribution in [3.63, 3.8) is 0 Å². The predicted molar refractivity (Wildman–Crippen MR) is 145 cm³/mol. The fraction of sp³-hybridized carbons (Fsp3) is 0.273. The molecule has 0 saturated heterocycles. The molecule has 0 amide bonds. The molecule has 0 radical (unpaired) electrons. The van der Waals surface area contributed by atoms with Crippen molar-refractivity contribution in [1.82, 2.24) is 0 Å². The van der Waals surface area contributed by atoms with Crippen molar-refractivity contribution in [3.8, 4) is 22.6 Å². The van der Waals surface area contributed by atoms with Crippen LogP contribution in [0.3, 0.4) is 0 Å². The molecular weight excluding hydrogens is 463 g/mol. The van der Waals surface area contributed by atoms with Gasteiger partial charge < -0.3 is 14.6 Å². The summed E-state index contributed by atoms with van der Waals surface area (Å²) in [6, 6.07) is 27.1. The third-order valence-corrected chi connectivity index (χ3v) is 7.29. The maximum absolute atomic E-state index is 15.7. The standard InChI is InChI=1S/C33H33FO3/c1-3-26-18-28(30(34)20-32(26)37-22-25-13-8-5-9-14-25)27-17-23(2)31(19-29(27)33(35)15-10-16-33)36-21-24-11-6-4-7-12-24/h4-9,11-14,17-20,35H,3,10,15-16,21-22H2,1-2H3. The molecule has 3 nitrogen and oxygen atoms in total. The first-order valence-corrected chi connectivity index (χ1v) is 13.0. The second-order valence-electron chi connectivity index (χ2n) is 9.89. The maximum atomic E-state index is 15.7. The molecule has 0 unspecified atom stereocenters. The molecule has 0 heterocycles. The van der Waals surface area contributed by atoms with Crippen molar-refractivity contribution in [2.45, 2.75) is 58.3 Å². The van der Waals surface area contributed by atoms with Crippen molar-refractivity contribution in [3.05, 3.63) is 119 Å². The summed E-state index contributed by atoms with van der Waals surface area (Å²) in [7, 11) is 0. The topological polar surface area (TPSA) is 38.7 Å². The van der Waals surface area contributed by atoms with E-state index in [0.717, 1.165) is 34.2 Å². The number of aryl methyl sites for hydroxylation is 2. The van der Waals surface area contributed by atoms with E-state index in [-0.39, 0.29) is 5.82 Å². The Labute approximate surface area is 218 Å². The second kappa shape index (κ2) is 10.8. The van der Waals surface area contributed by atoms with Gasteiger partial charge >= 0.3 is 0 Å². The van der Waals surface area contributed by atoms with Gasteiger partial charge in [0.05, 0.1) is 5.60 Å². The van der Waals surface area contributed by atoms with Crippen LogP contribution in [0.25, 0.3) is 11.1 Å². The lowest BCUT2D eigenvalue weighted by Gasteiger charge is -2.39. The van der Waals surface area contributed by atoms with Crippen LogP contribution in [0.1, 0.15) is 54.0 Å². The number of halogens is 1. The molecule has 0 atom stereocenters. The molecule has 0 spiro atoms. The Morgan fingerprint density at radius 2 is 1.38 bits per heavy atom. The third kappa shape index (κ3) is 5.40. The molecule has 1 aliphatic carbocycles. The van der Waals surface area contributed by atoms with Gasteiger partial charge in [0.15, 0.2) is 0 Å². The largest absolute Gasteiger partial charge is 0.489 e. The highest BCUT2D eigenvalue weighted by Gasteiger charge is 2.39. The van der Waals surface area contributed by atoms with Crippen LogP contribution in [0.4, 0.5) is 4.39 Å². The van der Waals surface area contributed by atoms with Crippen LogP contribution in [0.2, 0.25) is 0 Å². The molecule has 1 saturated carbocycles. The minimum Gasteiger partial charge on any atom is -0.489 e. The summed E-state index contributed by atoms with van der Waals surface area (Å²) >= 11 is 0. The molecule has 1 aliphatic rings. The summed E-state index contributed by atoms with van der Waals surface area (Å²) in [5, 5.41) is 11.4. The zero-order chi connectivity index (χ0) is 25.8. The molecule has 37 heavy (non-hydrogen) atoms. The summed E-state index contributed by atoms with van der Waals surface area (Å²) in [6.45, 7) is 4.82. The normalized spacial score (nSPS) is 14.2. The smallest absolute Gasteiger partial charge is 0.134 e. The van der Waals surface area contributed by atoms with Crippen molar-refractivity contribution >= 4 is 0 Å². The van der Waals surface area contributed by atoms with Gasteiger partial charge in [-0.1, -0.05) is 67.6 Å². The number of ether oxygens (including phenoxy) is 2. The van der Waals surface area contributed by atoms with Gasteiger partial charge in [0.2, 0.25) is 0 Å². The summed E-state index contributed by atoms with van der Waals surface area (Å²) < 4.78 is 27.9. The summed E-state index contributed by atoms with van der Waals surface area (Å²) in [5.41, 5.74) is 4.89. The monoisotopic (exact) mass is 496 g/mol. The van der Waals surface area contributed by atoms with Crippen LogP contribution in [-0.2, 0) is 25.2 Å². The number of hydrogen-bond donors (Lipinski definition) is 1. The fourth-order valence-electron chi connectivity index (χ4n) is 4.92. The number of rotatable bonds is 9. The van der Waals surface area contributed by atoms with Crippen molar-refractivity contribution in [2.75, 3.05) is 0 Å². The zero-order valence-corrected chi connectivity index (χ0v) is 21.5. The van der Waals surface area contributed by atoms with E-state index in [1.165, 1.54) is 6.07 Å². The molecule has 5 rings (SSSR count). The van der Waals surface area contributed by atoms with Gasteiger partial charge in [0.1, 0.15) is 30.5 Å². The number of hydrogen-bond acceptors (Lipinski definition) is 3. The van der Waals surface area contributed by atoms with Crippen LogP contribution in [-0.4, -0.2) is 5.11 Å². The molecular formula is C33H33FO3. The van der Waals surface area contributed by atoms with Gasteiger partial charge in [-0.2, -0.15) is 0 Å². The molecule has 0 aromatic heterocycles. The average Bonchev–Trinajstić information content (AvgIpc) is 2.91. The first kappa shape index (κ1) is 25.0. The lowest BCUT2D eigenvalue weighted by Crippen LogP contribution is -2.34. The highest BCUT2D eigenvalue weighted by Crippen LogP contribution is 2.48. The predicted octanol–water partition coefficient (Wildman–Crippen LogP) is 7.89. The molecule has 0 bridgehead atoms. The van der Waals surface area contributed by atoms with Gasteiger partial charge in [0, 0.05) is 11.6 Å². The first-order chi connectivity index (χ1) is 18.0. The second-order valence-corrected chi connectivity index (χ2v) is 9.89. The van der Waals surface area contributed by atoms with Gasteiger partial charge in [-0.25, -0.2) is 4.39 Å². The molecule has 1 fully saturated rings. The average molecular weight is 497 g/mol. The quantitative estimate of drug-likeness (QED) is 0.256. The Morgan fingerprint density at radius 1 is 0.784 bits per heavy atom. The van der Waals surface area contributed by atoms with Gasteiger partial charge in [-0.15, -0.1) is 0 Å². The van der Waals surface area contributed by atoms with Crippen LogP contribution < -0.4 is 9.47 Å². The minimum atomic E-state index is -0.977. The van der Waals surface area contributed by atoms with E-state index in [0.29, 0.717) is 55.1 Å². The van der Waals surface area contributed by atoms with Gasteiger partial charge in [-0.05, 0) is 84.2 Å². The lowest BCUT2D eigenvalue weighted by molar-refractivity contribution is -0.0384. The first-order valence-electron chi connectivity index (χ1n) is 13.0. The van der Waals surface area contributed by atoms with Gasteiger partial charge in [0.25, 0.3) is 0 Å². The van der Waals surface area contributed by atoms with E-state index in [4.69, 9.17) is 9.47 Å². The van der Waals surface area contributed by atoms with E-state index >= 15 is 4.39 Å². The number of benzene rings is 4. The van der Waals surface area contributed by atoms with Gasteiger partial charge in [-0.3, -0.25) is 0 Å². The molecule has 1 N–H and O–H groups in total. The van der Waals surface area contributed by atoms with Crippen LogP contribution in [0.15, 0.2) is 84.9 Å². The van der Waals surface area contributed by atoms with E-state index in [9.17, 15) is 5.11 Å². The Kier molecular flexibility index (Phi) is 7.29. The molecule has 0 aliphatic heterocycles. The molecule has 4 aromatic rings. The highest BCUT2D eigenvalue weighted by molar-refractivity contribution is 5.73. The minimum absolute atomic E-state index is 0.359. The third-order valence-electron chi connectivity index (χ3n) is 7.29. The van der Waals surface area contributed by atoms with Crippen LogP contribution in [0, 0.1) is 12.7 Å². The summed E-state index contributed by atoms with van der Waals surface area (Å²) in [4.78, 5) is 0. The van der Waals surface area contributed by atoms with E-state index in [1.807, 2.05) is 92.7 Å². The van der Waals surface area contributed by atoms with Crippen molar-refractivity contribution < 1.29 is 19.0 Å². The fourth-order valence-corrected chi connectivity index (χ4v) is 4.92. The van der Waals surface area contributed by atoms with E-state index in [2.05, 4.69) is 0 Å². The molecule has 190 valence electrons. The summed E-state index contributed by atoms with van der Waals surface area (Å²) in [5.74, 6) is 0.903.